The molecule has 3 rings (SSSR count). The van der Waals surface area contributed by atoms with Gasteiger partial charge in [0.05, 0.1) is 6.61 Å². The summed E-state index contributed by atoms with van der Waals surface area (Å²) in [6.45, 7) is 0.192. The van der Waals surface area contributed by atoms with Crippen molar-refractivity contribution in [2.75, 3.05) is 13.2 Å². The van der Waals surface area contributed by atoms with Crippen molar-refractivity contribution in [3.05, 3.63) is 42.1 Å². The van der Waals surface area contributed by atoms with E-state index >= 15 is 0 Å². The number of aliphatic hydroxyl groups is 1. The number of carbonyl (C=O) groups is 1. The molecule has 0 aliphatic heterocycles. The number of H-pyrrole nitrogens is 1. The summed E-state index contributed by atoms with van der Waals surface area (Å²) in [5, 5.41) is 13.3. The standard InChI is InChI=1S/C14H13N3O2/c18-7-6-16-14(19)9-3-4-12-11(8-9)10-2-1-5-15-13(10)17-12/h1-5,8,18H,6-7H2,(H,15,17)(H,16,19). The predicted molar refractivity (Wildman–Crippen MR) is 73.0 cm³/mol. The molecule has 1 amide bonds. The molecule has 1 aromatic carbocycles. The van der Waals surface area contributed by atoms with Gasteiger partial charge in [-0.05, 0) is 30.3 Å². The number of fused-ring (bicyclic) bond motifs is 3. The van der Waals surface area contributed by atoms with Gasteiger partial charge < -0.3 is 15.4 Å². The number of nitrogens with zero attached hydrogens (tertiary/aromatic N) is 1. The van der Waals surface area contributed by atoms with Gasteiger partial charge in [-0.15, -0.1) is 0 Å². The van der Waals surface area contributed by atoms with Crippen molar-refractivity contribution < 1.29 is 9.90 Å². The third-order valence-electron chi connectivity index (χ3n) is 3.03. The number of aliphatic hydroxyl groups excluding tert-OH is 1. The molecule has 0 spiro atoms. The first-order chi connectivity index (χ1) is 9.29. The molecule has 3 N–H and O–H groups in total. The Balaban J connectivity index is 2.09. The van der Waals surface area contributed by atoms with Crippen molar-refractivity contribution in [1.29, 1.82) is 0 Å². The number of pyridine rings is 1. The Morgan fingerprint density at radius 2 is 2.21 bits per heavy atom. The van der Waals surface area contributed by atoms with E-state index in [0.717, 1.165) is 21.9 Å². The largest absolute Gasteiger partial charge is 0.395 e. The predicted octanol–water partition coefficient (Wildman–Crippen LogP) is 1.44. The Kier molecular flexibility index (Phi) is 2.89. The number of hydrogen-bond acceptors (Lipinski definition) is 3. The molecular formula is C14H13N3O2. The van der Waals surface area contributed by atoms with Crippen LogP contribution in [0.2, 0.25) is 0 Å². The maximum Gasteiger partial charge on any atom is 0.251 e. The Morgan fingerprint density at radius 1 is 1.32 bits per heavy atom. The smallest absolute Gasteiger partial charge is 0.251 e. The highest BCUT2D eigenvalue weighted by Gasteiger charge is 2.09. The van der Waals surface area contributed by atoms with E-state index in [2.05, 4.69) is 15.3 Å². The number of benzene rings is 1. The van der Waals surface area contributed by atoms with Gasteiger partial charge in [0.1, 0.15) is 5.65 Å². The molecule has 0 unspecified atom stereocenters. The van der Waals surface area contributed by atoms with E-state index in [0.29, 0.717) is 5.56 Å². The Labute approximate surface area is 109 Å². The van der Waals surface area contributed by atoms with Crippen molar-refractivity contribution in [3.8, 4) is 0 Å². The third-order valence-corrected chi connectivity index (χ3v) is 3.03. The number of carbonyl (C=O) groups excluding carboxylic acids is 1. The first-order valence-corrected chi connectivity index (χ1v) is 6.05. The summed E-state index contributed by atoms with van der Waals surface area (Å²) in [6, 6.07) is 9.29. The fourth-order valence-electron chi connectivity index (χ4n) is 2.14. The van der Waals surface area contributed by atoms with E-state index in [-0.39, 0.29) is 19.1 Å². The lowest BCUT2D eigenvalue weighted by Crippen LogP contribution is -2.26. The molecule has 0 aliphatic rings. The lowest BCUT2D eigenvalue weighted by molar-refractivity contribution is 0.0945. The summed E-state index contributed by atoms with van der Waals surface area (Å²) in [7, 11) is 0. The zero-order valence-corrected chi connectivity index (χ0v) is 10.2. The minimum absolute atomic E-state index is 0.0645. The van der Waals surface area contributed by atoms with Gasteiger partial charge >= 0.3 is 0 Å². The molecule has 0 saturated carbocycles. The summed E-state index contributed by atoms with van der Waals surface area (Å²) >= 11 is 0. The van der Waals surface area contributed by atoms with Crippen LogP contribution in [0.15, 0.2) is 36.5 Å². The number of aromatic amines is 1. The SMILES string of the molecule is O=C(NCCO)c1ccc2[nH]c3ncccc3c2c1. The van der Waals surface area contributed by atoms with Gasteiger partial charge in [-0.25, -0.2) is 4.98 Å². The van der Waals surface area contributed by atoms with E-state index in [1.165, 1.54) is 0 Å². The highest BCUT2D eigenvalue weighted by atomic mass is 16.3. The first kappa shape index (κ1) is 11.7. The van der Waals surface area contributed by atoms with Crippen LogP contribution >= 0.6 is 0 Å². The normalized spacial score (nSPS) is 11.0. The molecule has 0 radical (unpaired) electrons. The van der Waals surface area contributed by atoms with Crippen LogP contribution in [-0.2, 0) is 0 Å². The minimum atomic E-state index is -0.186. The second-order valence-corrected chi connectivity index (χ2v) is 4.26. The van der Waals surface area contributed by atoms with Crippen molar-refractivity contribution in [2.45, 2.75) is 0 Å². The molecule has 5 heteroatoms. The fourth-order valence-corrected chi connectivity index (χ4v) is 2.14. The lowest BCUT2D eigenvalue weighted by Gasteiger charge is -2.03. The zero-order valence-electron chi connectivity index (χ0n) is 10.2. The first-order valence-electron chi connectivity index (χ1n) is 6.05. The van der Waals surface area contributed by atoms with Gasteiger partial charge in [0, 0.05) is 34.6 Å². The number of rotatable bonds is 3. The molecule has 19 heavy (non-hydrogen) atoms. The van der Waals surface area contributed by atoms with E-state index in [1.54, 1.807) is 12.3 Å². The second kappa shape index (κ2) is 4.70. The molecule has 0 bridgehead atoms. The van der Waals surface area contributed by atoms with Gasteiger partial charge in [0.15, 0.2) is 0 Å². The molecule has 3 aromatic rings. The van der Waals surface area contributed by atoms with E-state index in [9.17, 15) is 4.79 Å². The quantitative estimate of drug-likeness (QED) is 0.662. The molecule has 0 saturated heterocycles. The highest BCUT2D eigenvalue weighted by molar-refractivity contribution is 6.08. The molecule has 2 aromatic heterocycles. The molecule has 0 aliphatic carbocycles. The van der Waals surface area contributed by atoms with Gasteiger partial charge in [-0.3, -0.25) is 4.79 Å². The van der Waals surface area contributed by atoms with Crippen LogP contribution in [0.25, 0.3) is 21.9 Å². The zero-order chi connectivity index (χ0) is 13.2. The maximum atomic E-state index is 11.9. The van der Waals surface area contributed by atoms with Gasteiger partial charge in [-0.1, -0.05) is 0 Å². The van der Waals surface area contributed by atoms with E-state index in [4.69, 9.17) is 5.11 Å². The third kappa shape index (κ3) is 2.04. The monoisotopic (exact) mass is 255 g/mol. The number of amides is 1. The van der Waals surface area contributed by atoms with Gasteiger partial charge in [0.25, 0.3) is 5.91 Å². The number of aromatic nitrogens is 2. The summed E-state index contributed by atoms with van der Waals surface area (Å²) in [4.78, 5) is 19.3. The average molecular weight is 255 g/mol. The summed E-state index contributed by atoms with van der Waals surface area (Å²) in [5.74, 6) is -0.186. The van der Waals surface area contributed by atoms with E-state index < -0.39 is 0 Å². The van der Waals surface area contributed by atoms with Crippen LogP contribution in [0.3, 0.4) is 0 Å². The molecule has 0 fully saturated rings. The highest BCUT2D eigenvalue weighted by Crippen LogP contribution is 2.24. The van der Waals surface area contributed by atoms with Crippen molar-refractivity contribution in [2.24, 2.45) is 0 Å². The number of hydrogen-bond donors (Lipinski definition) is 3. The van der Waals surface area contributed by atoms with Gasteiger partial charge in [-0.2, -0.15) is 0 Å². The second-order valence-electron chi connectivity index (χ2n) is 4.26. The summed E-state index contributed by atoms with van der Waals surface area (Å²) in [5.41, 5.74) is 2.34. The summed E-state index contributed by atoms with van der Waals surface area (Å²) in [6.07, 6.45) is 1.73. The van der Waals surface area contributed by atoms with Crippen molar-refractivity contribution in [1.82, 2.24) is 15.3 Å². The van der Waals surface area contributed by atoms with Crippen LogP contribution in [-0.4, -0.2) is 34.1 Å². The number of nitrogens with one attached hydrogen (secondary N) is 2. The van der Waals surface area contributed by atoms with Crippen molar-refractivity contribution >= 4 is 27.8 Å². The van der Waals surface area contributed by atoms with Crippen LogP contribution in [0, 0.1) is 0 Å². The van der Waals surface area contributed by atoms with E-state index in [1.807, 2.05) is 24.3 Å². The van der Waals surface area contributed by atoms with Crippen LogP contribution in [0.1, 0.15) is 10.4 Å². The molecular weight excluding hydrogens is 242 g/mol. The van der Waals surface area contributed by atoms with Crippen LogP contribution in [0.5, 0.6) is 0 Å². The molecule has 0 atom stereocenters. The topological polar surface area (TPSA) is 78.0 Å². The van der Waals surface area contributed by atoms with Gasteiger partial charge in [0.2, 0.25) is 0 Å². The Bertz CT molecular complexity index is 749. The van der Waals surface area contributed by atoms with Crippen molar-refractivity contribution in [3.63, 3.8) is 0 Å². The van der Waals surface area contributed by atoms with Crippen LogP contribution < -0.4 is 5.32 Å². The molecule has 5 nitrogen and oxygen atoms in total. The minimum Gasteiger partial charge on any atom is -0.395 e. The lowest BCUT2D eigenvalue weighted by atomic mass is 10.1. The molecule has 96 valence electrons. The molecule has 2 heterocycles. The summed E-state index contributed by atoms with van der Waals surface area (Å²) < 4.78 is 0. The van der Waals surface area contributed by atoms with Crippen LogP contribution in [0.4, 0.5) is 0 Å². The average Bonchev–Trinajstić information content (AvgIpc) is 2.82. The Morgan fingerprint density at radius 3 is 3.05 bits per heavy atom. The maximum absolute atomic E-state index is 11.9. The fraction of sp³-hybridized carbons (Fsp3) is 0.143. The Hall–Kier alpha value is -2.40.